The van der Waals surface area contributed by atoms with Gasteiger partial charge < -0.3 is 0 Å². The Bertz CT molecular complexity index is 923. The SMILES string of the molecule is O=C(c1cc(C(F)(F)F)cc(C(F)(F)F)c1)n1cnc2ccccc21. The highest BCUT2D eigenvalue weighted by atomic mass is 19.4. The van der Waals surface area contributed by atoms with E-state index in [-0.39, 0.29) is 11.6 Å². The average Bonchev–Trinajstić information content (AvgIpc) is 2.96. The van der Waals surface area contributed by atoms with Gasteiger partial charge in [0, 0.05) is 5.56 Å². The van der Waals surface area contributed by atoms with Gasteiger partial charge in [0.1, 0.15) is 6.33 Å². The Labute approximate surface area is 136 Å². The third-order valence-corrected chi connectivity index (χ3v) is 3.51. The van der Waals surface area contributed by atoms with E-state index in [0.717, 1.165) is 10.9 Å². The molecule has 0 fully saturated rings. The van der Waals surface area contributed by atoms with Crippen LogP contribution < -0.4 is 0 Å². The first-order valence-corrected chi connectivity index (χ1v) is 6.83. The minimum atomic E-state index is -5.02. The van der Waals surface area contributed by atoms with E-state index in [4.69, 9.17) is 0 Å². The summed E-state index contributed by atoms with van der Waals surface area (Å²) >= 11 is 0. The standard InChI is InChI=1S/C16H8F6N2O/c17-15(18,19)10-5-9(6-11(7-10)16(20,21)22)14(25)24-8-23-12-3-1-2-4-13(12)24/h1-8H. The van der Waals surface area contributed by atoms with Gasteiger partial charge in [0.2, 0.25) is 0 Å². The van der Waals surface area contributed by atoms with Crippen LogP contribution in [0.5, 0.6) is 0 Å². The molecule has 0 spiro atoms. The van der Waals surface area contributed by atoms with Crippen molar-refractivity contribution in [3.05, 3.63) is 65.5 Å². The predicted molar refractivity (Wildman–Crippen MR) is 75.9 cm³/mol. The van der Waals surface area contributed by atoms with E-state index >= 15 is 0 Å². The third-order valence-electron chi connectivity index (χ3n) is 3.51. The van der Waals surface area contributed by atoms with Gasteiger partial charge in [-0.3, -0.25) is 9.36 Å². The summed E-state index contributed by atoms with van der Waals surface area (Å²) in [5.74, 6) is -1.04. The fourth-order valence-electron chi connectivity index (χ4n) is 2.34. The van der Waals surface area contributed by atoms with Crippen molar-refractivity contribution < 1.29 is 31.1 Å². The summed E-state index contributed by atoms with van der Waals surface area (Å²) in [6.07, 6.45) is -8.99. The highest BCUT2D eigenvalue weighted by Gasteiger charge is 2.37. The van der Waals surface area contributed by atoms with Crippen LogP contribution in [0.2, 0.25) is 0 Å². The maximum atomic E-state index is 12.9. The highest BCUT2D eigenvalue weighted by molar-refractivity contribution is 6.01. The highest BCUT2D eigenvalue weighted by Crippen LogP contribution is 2.36. The second-order valence-corrected chi connectivity index (χ2v) is 5.20. The second-order valence-electron chi connectivity index (χ2n) is 5.20. The van der Waals surface area contributed by atoms with Crippen molar-refractivity contribution in [2.75, 3.05) is 0 Å². The Kier molecular flexibility index (Phi) is 3.81. The van der Waals surface area contributed by atoms with Crippen LogP contribution in [-0.4, -0.2) is 15.5 Å². The molecule has 1 aromatic heterocycles. The zero-order chi connectivity index (χ0) is 18.4. The number of rotatable bonds is 1. The van der Waals surface area contributed by atoms with E-state index in [2.05, 4.69) is 4.98 Å². The van der Waals surface area contributed by atoms with Gasteiger partial charge in [0.15, 0.2) is 0 Å². The third kappa shape index (κ3) is 3.21. The number of hydrogen-bond acceptors (Lipinski definition) is 2. The molecule has 2 aromatic carbocycles. The van der Waals surface area contributed by atoms with Gasteiger partial charge >= 0.3 is 12.4 Å². The van der Waals surface area contributed by atoms with E-state index in [9.17, 15) is 31.1 Å². The van der Waals surface area contributed by atoms with Crippen molar-refractivity contribution in [3.8, 4) is 0 Å². The molecule has 1 heterocycles. The number of imidazole rings is 1. The molecule has 0 saturated heterocycles. The van der Waals surface area contributed by atoms with Crippen LogP contribution in [0.3, 0.4) is 0 Å². The monoisotopic (exact) mass is 358 g/mol. The number of benzene rings is 2. The van der Waals surface area contributed by atoms with Crippen molar-refractivity contribution in [1.29, 1.82) is 0 Å². The molecular weight excluding hydrogens is 350 g/mol. The smallest absolute Gasteiger partial charge is 0.268 e. The van der Waals surface area contributed by atoms with Gasteiger partial charge in [-0.2, -0.15) is 26.3 Å². The minimum absolute atomic E-state index is 0.0250. The summed E-state index contributed by atoms with van der Waals surface area (Å²) in [6.45, 7) is 0. The van der Waals surface area contributed by atoms with Crippen LogP contribution in [-0.2, 0) is 12.4 Å². The second kappa shape index (κ2) is 5.61. The van der Waals surface area contributed by atoms with E-state index < -0.39 is 35.0 Å². The number of aromatic nitrogens is 2. The Hall–Kier alpha value is -2.84. The van der Waals surface area contributed by atoms with E-state index in [1.807, 2.05) is 0 Å². The Morgan fingerprint density at radius 2 is 1.44 bits per heavy atom. The number of alkyl halides is 6. The van der Waals surface area contributed by atoms with Crippen LogP contribution in [0.25, 0.3) is 11.0 Å². The van der Waals surface area contributed by atoms with Crippen molar-refractivity contribution in [2.24, 2.45) is 0 Å². The largest absolute Gasteiger partial charge is 0.416 e. The molecule has 3 aromatic rings. The summed E-state index contributed by atoms with van der Waals surface area (Å²) in [4.78, 5) is 16.4. The fraction of sp³-hybridized carbons (Fsp3) is 0.125. The number of halogens is 6. The molecule has 0 aliphatic heterocycles. The van der Waals surface area contributed by atoms with Crippen molar-refractivity contribution in [2.45, 2.75) is 12.4 Å². The van der Waals surface area contributed by atoms with Gasteiger partial charge in [0.25, 0.3) is 5.91 Å². The van der Waals surface area contributed by atoms with Crippen molar-refractivity contribution >= 4 is 16.9 Å². The minimum Gasteiger partial charge on any atom is -0.268 e. The van der Waals surface area contributed by atoms with Gasteiger partial charge in [-0.25, -0.2) is 4.98 Å². The van der Waals surface area contributed by atoms with E-state index in [0.29, 0.717) is 17.6 Å². The number of carbonyl (C=O) groups excluding carboxylic acids is 1. The topological polar surface area (TPSA) is 34.9 Å². The maximum Gasteiger partial charge on any atom is 0.416 e. The van der Waals surface area contributed by atoms with Crippen LogP contribution in [0.1, 0.15) is 21.5 Å². The van der Waals surface area contributed by atoms with Crippen LogP contribution >= 0.6 is 0 Å². The molecule has 0 aliphatic carbocycles. The summed E-state index contributed by atoms with van der Waals surface area (Å²) in [7, 11) is 0. The first-order valence-electron chi connectivity index (χ1n) is 6.83. The first kappa shape index (κ1) is 17.0. The molecule has 0 bridgehead atoms. The van der Waals surface area contributed by atoms with Gasteiger partial charge in [-0.05, 0) is 30.3 Å². The number of hydrogen-bond donors (Lipinski definition) is 0. The molecule has 3 rings (SSSR count). The lowest BCUT2D eigenvalue weighted by Crippen LogP contribution is -2.16. The molecular formula is C16H8F6N2O. The molecule has 9 heteroatoms. The lowest BCUT2D eigenvalue weighted by molar-refractivity contribution is -0.143. The normalized spacial score (nSPS) is 12.6. The summed E-state index contributed by atoms with van der Waals surface area (Å²) in [5.41, 5.74) is -3.16. The fourth-order valence-corrected chi connectivity index (χ4v) is 2.34. The summed E-state index contributed by atoms with van der Waals surface area (Å²) in [5, 5.41) is 0. The molecule has 0 radical (unpaired) electrons. The molecule has 0 aliphatic rings. The molecule has 0 N–H and O–H groups in total. The van der Waals surface area contributed by atoms with Crippen LogP contribution in [0.4, 0.5) is 26.3 Å². The maximum absolute atomic E-state index is 12.9. The van der Waals surface area contributed by atoms with Crippen molar-refractivity contribution in [1.82, 2.24) is 9.55 Å². The molecule has 0 unspecified atom stereocenters. The summed E-state index contributed by atoms with van der Waals surface area (Å²) in [6, 6.07) is 7.02. The van der Waals surface area contributed by atoms with Gasteiger partial charge in [0.05, 0.1) is 22.2 Å². The average molecular weight is 358 g/mol. The summed E-state index contributed by atoms with van der Waals surface area (Å²) < 4.78 is 78.3. The zero-order valence-corrected chi connectivity index (χ0v) is 12.2. The Morgan fingerprint density at radius 3 is 2.00 bits per heavy atom. The Balaban J connectivity index is 2.17. The van der Waals surface area contributed by atoms with Crippen LogP contribution in [0, 0.1) is 0 Å². The molecule has 130 valence electrons. The van der Waals surface area contributed by atoms with E-state index in [1.165, 1.54) is 6.07 Å². The first-order chi connectivity index (χ1) is 11.6. The quantitative estimate of drug-likeness (QED) is 0.588. The zero-order valence-electron chi connectivity index (χ0n) is 12.2. The number of carbonyl (C=O) groups is 1. The molecule has 0 amide bonds. The Morgan fingerprint density at radius 1 is 0.880 bits per heavy atom. The van der Waals surface area contributed by atoms with Crippen LogP contribution in [0.15, 0.2) is 48.8 Å². The predicted octanol–water partition coefficient (Wildman–Crippen LogP) is 4.76. The van der Waals surface area contributed by atoms with Crippen molar-refractivity contribution in [3.63, 3.8) is 0 Å². The number of para-hydroxylation sites is 2. The van der Waals surface area contributed by atoms with E-state index in [1.54, 1.807) is 18.2 Å². The molecule has 0 saturated carbocycles. The molecule has 3 nitrogen and oxygen atoms in total. The number of fused-ring (bicyclic) bond motifs is 1. The molecule has 0 atom stereocenters. The lowest BCUT2D eigenvalue weighted by atomic mass is 10.0. The molecule has 25 heavy (non-hydrogen) atoms. The van der Waals surface area contributed by atoms with Gasteiger partial charge in [-0.15, -0.1) is 0 Å². The lowest BCUT2D eigenvalue weighted by Gasteiger charge is -2.14. The number of nitrogens with zero attached hydrogens (tertiary/aromatic N) is 2. The van der Waals surface area contributed by atoms with Gasteiger partial charge in [-0.1, -0.05) is 12.1 Å².